The Balaban J connectivity index is 4.31. The molecule has 0 spiro atoms. The molecule has 0 saturated carbocycles. The summed E-state index contributed by atoms with van der Waals surface area (Å²) in [5.74, 6) is 0.156. The number of aliphatic hydroxyl groups excluding tert-OH is 1. The predicted octanol–water partition coefficient (Wildman–Crippen LogP) is 3.62. The van der Waals surface area contributed by atoms with Gasteiger partial charge in [0.15, 0.2) is 5.12 Å². The fraction of sp³-hybridized carbons (Fsp3) is 0.923. The van der Waals surface area contributed by atoms with E-state index in [1.54, 1.807) is 0 Å². The van der Waals surface area contributed by atoms with Gasteiger partial charge in [-0.2, -0.15) is 0 Å². The molecule has 0 fully saturated rings. The molecule has 3 heteroatoms. The zero-order chi connectivity index (χ0) is 12.8. The predicted molar refractivity (Wildman–Crippen MR) is 71.7 cm³/mol. The van der Waals surface area contributed by atoms with Crippen LogP contribution in [0.3, 0.4) is 0 Å². The quantitative estimate of drug-likeness (QED) is 0.745. The zero-order valence-corrected chi connectivity index (χ0v) is 12.1. The summed E-state index contributed by atoms with van der Waals surface area (Å²) in [5.41, 5.74) is 0. The van der Waals surface area contributed by atoms with Gasteiger partial charge in [-0.05, 0) is 25.2 Å². The van der Waals surface area contributed by atoms with Gasteiger partial charge in [0.1, 0.15) is 0 Å². The Morgan fingerprint density at radius 3 is 1.94 bits per heavy atom. The molecule has 1 atom stereocenters. The van der Waals surface area contributed by atoms with E-state index in [4.69, 9.17) is 0 Å². The lowest BCUT2D eigenvalue weighted by molar-refractivity contribution is -0.113. The van der Waals surface area contributed by atoms with Crippen LogP contribution < -0.4 is 0 Å². The van der Waals surface area contributed by atoms with E-state index in [2.05, 4.69) is 20.8 Å². The molecule has 2 nitrogen and oxygen atoms in total. The van der Waals surface area contributed by atoms with Crippen LogP contribution in [0.4, 0.5) is 0 Å². The highest BCUT2D eigenvalue weighted by Crippen LogP contribution is 2.37. The van der Waals surface area contributed by atoms with Gasteiger partial charge in [-0.1, -0.05) is 46.4 Å². The SMILES string of the molecule is CCC(CC)(CC)SC(=O)C[C@H](O)C(C)C. The molecule has 0 aliphatic carbocycles. The van der Waals surface area contributed by atoms with Crippen molar-refractivity contribution in [1.82, 2.24) is 0 Å². The van der Waals surface area contributed by atoms with Crippen molar-refractivity contribution in [3.05, 3.63) is 0 Å². The molecule has 0 aromatic carbocycles. The van der Waals surface area contributed by atoms with E-state index in [9.17, 15) is 9.90 Å². The Hall–Kier alpha value is -0.0200. The van der Waals surface area contributed by atoms with Gasteiger partial charge in [0.05, 0.1) is 6.10 Å². The van der Waals surface area contributed by atoms with Crippen molar-refractivity contribution in [1.29, 1.82) is 0 Å². The summed E-state index contributed by atoms with van der Waals surface area (Å²) in [4.78, 5) is 11.9. The lowest BCUT2D eigenvalue weighted by Gasteiger charge is -2.29. The fourth-order valence-corrected chi connectivity index (χ4v) is 2.83. The smallest absolute Gasteiger partial charge is 0.192 e. The third kappa shape index (κ3) is 4.88. The lowest BCUT2D eigenvalue weighted by Crippen LogP contribution is -2.26. The molecule has 16 heavy (non-hydrogen) atoms. The van der Waals surface area contributed by atoms with Gasteiger partial charge >= 0.3 is 0 Å². The van der Waals surface area contributed by atoms with Crippen LogP contribution in [0.15, 0.2) is 0 Å². The molecule has 0 heterocycles. The van der Waals surface area contributed by atoms with E-state index in [-0.39, 0.29) is 22.2 Å². The van der Waals surface area contributed by atoms with Gasteiger partial charge < -0.3 is 5.11 Å². The Bertz CT molecular complexity index is 202. The summed E-state index contributed by atoms with van der Waals surface area (Å²) in [7, 11) is 0. The average Bonchev–Trinajstić information content (AvgIpc) is 2.26. The average molecular weight is 246 g/mol. The van der Waals surface area contributed by atoms with Crippen LogP contribution in [0.5, 0.6) is 0 Å². The van der Waals surface area contributed by atoms with E-state index >= 15 is 0 Å². The van der Waals surface area contributed by atoms with E-state index in [0.29, 0.717) is 0 Å². The summed E-state index contributed by atoms with van der Waals surface area (Å²) in [6.45, 7) is 10.3. The summed E-state index contributed by atoms with van der Waals surface area (Å²) in [6.07, 6.45) is 2.81. The Labute approximate surface area is 104 Å². The number of hydrogen-bond donors (Lipinski definition) is 1. The highest BCUT2D eigenvalue weighted by molar-refractivity contribution is 8.14. The molecule has 96 valence electrons. The third-order valence-electron chi connectivity index (χ3n) is 3.41. The molecule has 0 radical (unpaired) electrons. The Morgan fingerprint density at radius 2 is 1.62 bits per heavy atom. The van der Waals surface area contributed by atoms with Crippen LogP contribution in [0.25, 0.3) is 0 Å². The first-order valence-electron chi connectivity index (χ1n) is 6.30. The van der Waals surface area contributed by atoms with Crippen LogP contribution in [-0.4, -0.2) is 21.1 Å². The maximum Gasteiger partial charge on any atom is 0.192 e. The van der Waals surface area contributed by atoms with E-state index in [0.717, 1.165) is 19.3 Å². The zero-order valence-electron chi connectivity index (χ0n) is 11.2. The first kappa shape index (κ1) is 16.0. The standard InChI is InChI=1S/C13H26O2S/c1-6-13(7-2,8-3)16-12(15)9-11(14)10(4)5/h10-11,14H,6-9H2,1-5H3/t11-/m0/s1. The van der Waals surface area contributed by atoms with Gasteiger partial charge in [-0.15, -0.1) is 0 Å². The molecule has 0 aliphatic rings. The van der Waals surface area contributed by atoms with Crippen LogP contribution in [0.1, 0.15) is 60.3 Å². The minimum absolute atomic E-state index is 0.0772. The number of hydrogen-bond acceptors (Lipinski definition) is 3. The van der Waals surface area contributed by atoms with E-state index in [1.807, 2.05) is 13.8 Å². The number of carbonyl (C=O) groups is 1. The third-order valence-corrected chi connectivity index (χ3v) is 5.10. The molecule has 0 saturated heterocycles. The Morgan fingerprint density at radius 1 is 1.19 bits per heavy atom. The van der Waals surface area contributed by atoms with Gasteiger partial charge in [-0.3, -0.25) is 4.79 Å². The lowest BCUT2D eigenvalue weighted by atomic mass is 9.99. The molecule has 0 aromatic heterocycles. The number of rotatable bonds is 7. The van der Waals surface area contributed by atoms with Crippen LogP contribution in [0, 0.1) is 5.92 Å². The highest BCUT2D eigenvalue weighted by atomic mass is 32.2. The van der Waals surface area contributed by atoms with Crippen molar-refractivity contribution in [3.8, 4) is 0 Å². The largest absolute Gasteiger partial charge is 0.392 e. The minimum Gasteiger partial charge on any atom is -0.392 e. The van der Waals surface area contributed by atoms with Crippen LogP contribution in [-0.2, 0) is 4.79 Å². The summed E-state index contributed by atoms with van der Waals surface area (Å²) in [6, 6.07) is 0. The minimum atomic E-state index is -0.497. The second kappa shape index (κ2) is 7.33. The molecule has 0 aromatic rings. The normalized spacial score (nSPS) is 14.2. The van der Waals surface area contributed by atoms with Crippen LogP contribution in [0.2, 0.25) is 0 Å². The van der Waals surface area contributed by atoms with Crippen molar-refractivity contribution in [2.24, 2.45) is 5.92 Å². The summed E-state index contributed by atoms with van der Waals surface area (Å²) < 4.78 is 0.0772. The van der Waals surface area contributed by atoms with Crippen LogP contribution >= 0.6 is 11.8 Å². The first-order valence-corrected chi connectivity index (χ1v) is 7.12. The van der Waals surface area contributed by atoms with Crippen molar-refractivity contribution in [3.63, 3.8) is 0 Å². The molecular formula is C13H26O2S. The molecular weight excluding hydrogens is 220 g/mol. The van der Waals surface area contributed by atoms with E-state index in [1.165, 1.54) is 11.8 Å². The Kier molecular flexibility index (Phi) is 7.32. The van der Waals surface area contributed by atoms with Crippen molar-refractivity contribution in [2.45, 2.75) is 71.2 Å². The second-order valence-electron chi connectivity index (χ2n) is 4.73. The first-order chi connectivity index (χ1) is 7.40. The maximum absolute atomic E-state index is 11.9. The maximum atomic E-state index is 11.9. The molecule has 0 aliphatic heterocycles. The molecule has 0 rings (SSSR count). The number of aliphatic hydroxyl groups is 1. The van der Waals surface area contributed by atoms with Gasteiger partial charge in [-0.25, -0.2) is 0 Å². The van der Waals surface area contributed by atoms with Gasteiger partial charge in [0, 0.05) is 11.2 Å². The highest BCUT2D eigenvalue weighted by Gasteiger charge is 2.29. The van der Waals surface area contributed by atoms with Crippen molar-refractivity contribution >= 4 is 16.9 Å². The monoisotopic (exact) mass is 246 g/mol. The van der Waals surface area contributed by atoms with Crippen molar-refractivity contribution < 1.29 is 9.90 Å². The second-order valence-corrected chi connectivity index (χ2v) is 6.26. The molecule has 1 N–H and O–H groups in total. The van der Waals surface area contributed by atoms with Gasteiger partial charge in [0.25, 0.3) is 0 Å². The summed E-state index contributed by atoms with van der Waals surface area (Å²) in [5, 5.41) is 9.81. The number of carbonyl (C=O) groups excluding carboxylic acids is 1. The van der Waals surface area contributed by atoms with Crippen molar-refractivity contribution in [2.75, 3.05) is 0 Å². The fourth-order valence-electron chi connectivity index (χ4n) is 1.66. The van der Waals surface area contributed by atoms with E-state index < -0.39 is 6.10 Å². The molecule has 0 unspecified atom stereocenters. The molecule has 0 amide bonds. The topological polar surface area (TPSA) is 37.3 Å². The molecule has 0 bridgehead atoms. The summed E-state index contributed by atoms with van der Waals surface area (Å²) >= 11 is 1.44. The van der Waals surface area contributed by atoms with Gasteiger partial charge in [0.2, 0.25) is 0 Å². The number of thioether (sulfide) groups is 1.